The lowest BCUT2D eigenvalue weighted by molar-refractivity contribution is -0.116. The molecule has 98 valence electrons. The average molecular weight is 271 g/mol. The van der Waals surface area contributed by atoms with Gasteiger partial charge in [0, 0.05) is 6.54 Å². The van der Waals surface area contributed by atoms with Crippen LogP contribution in [0.1, 0.15) is 30.1 Å². The maximum Gasteiger partial charge on any atom is 0.236 e. The first-order valence-corrected chi connectivity index (χ1v) is 5.96. The van der Waals surface area contributed by atoms with E-state index in [9.17, 15) is 9.59 Å². The van der Waals surface area contributed by atoms with Crippen molar-refractivity contribution in [3.8, 4) is 0 Å². The Kier molecular flexibility index (Phi) is 5.51. The van der Waals surface area contributed by atoms with Crippen molar-refractivity contribution >= 4 is 29.6 Å². The van der Waals surface area contributed by atoms with Gasteiger partial charge in [0.05, 0.1) is 12.1 Å². The fourth-order valence-electron chi connectivity index (χ4n) is 1.52. The van der Waals surface area contributed by atoms with Gasteiger partial charge in [-0.1, -0.05) is 24.9 Å². The van der Waals surface area contributed by atoms with Crippen LogP contribution >= 0.6 is 11.6 Å². The topological polar surface area (TPSA) is 89.2 Å². The third kappa shape index (κ3) is 3.66. The Labute approximate surface area is 110 Å². The van der Waals surface area contributed by atoms with Gasteiger partial charge in [0.2, 0.25) is 5.91 Å². The molecule has 1 aromatic rings. The second kappa shape index (κ2) is 6.90. The molecule has 0 spiro atoms. The first kappa shape index (κ1) is 14.4. The maximum absolute atomic E-state index is 11.0. The van der Waals surface area contributed by atoms with Crippen LogP contribution in [0.25, 0.3) is 0 Å². The second-order valence-electron chi connectivity index (χ2n) is 3.76. The van der Waals surface area contributed by atoms with Crippen LogP contribution < -0.4 is 10.6 Å². The van der Waals surface area contributed by atoms with Gasteiger partial charge in [-0.2, -0.15) is 0 Å². The summed E-state index contributed by atoms with van der Waals surface area (Å²) in [6.45, 7) is 2.60. The molecule has 18 heavy (non-hydrogen) atoms. The average Bonchev–Trinajstić information content (AvgIpc) is 2.33. The number of hydrogen-bond acceptors (Lipinski definition) is 5. The summed E-state index contributed by atoms with van der Waals surface area (Å²) in [6.07, 6.45) is 3.64. The summed E-state index contributed by atoms with van der Waals surface area (Å²) >= 11 is 5.82. The van der Waals surface area contributed by atoms with Crippen molar-refractivity contribution in [1.82, 2.24) is 9.97 Å². The molecule has 1 amide bonds. The molecule has 7 heteroatoms. The monoisotopic (exact) mass is 270 g/mol. The molecule has 1 rings (SSSR count). The van der Waals surface area contributed by atoms with E-state index >= 15 is 0 Å². The maximum atomic E-state index is 11.0. The number of aromatic nitrogens is 2. The molecular formula is C11H15ClN4O2. The Hall–Kier alpha value is -1.69. The van der Waals surface area contributed by atoms with Crippen LogP contribution in [-0.4, -0.2) is 35.3 Å². The number of unbranched alkanes of at least 4 members (excludes halogenated alkanes) is 1. The molecule has 0 aliphatic rings. The van der Waals surface area contributed by atoms with Gasteiger partial charge < -0.3 is 10.6 Å². The largest absolute Gasteiger partial charge is 0.368 e. The molecule has 0 bridgehead atoms. The summed E-state index contributed by atoms with van der Waals surface area (Å²) < 4.78 is 0. The normalized spacial score (nSPS) is 10.1. The van der Waals surface area contributed by atoms with Gasteiger partial charge in [-0.25, -0.2) is 9.97 Å². The van der Waals surface area contributed by atoms with Crippen molar-refractivity contribution in [1.29, 1.82) is 0 Å². The highest BCUT2D eigenvalue weighted by atomic mass is 35.5. The fourth-order valence-corrected chi connectivity index (χ4v) is 1.69. The summed E-state index contributed by atoms with van der Waals surface area (Å²) in [5.41, 5.74) is 5.36. The molecule has 0 aliphatic carbocycles. The molecule has 0 fully saturated rings. The highest BCUT2D eigenvalue weighted by Crippen LogP contribution is 2.21. The zero-order chi connectivity index (χ0) is 13.5. The molecule has 0 unspecified atom stereocenters. The van der Waals surface area contributed by atoms with Crippen LogP contribution in [-0.2, 0) is 4.79 Å². The molecule has 0 saturated carbocycles. The molecule has 1 aromatic heterocycles. The number of primary amides is 1. The van der Waals surface area contributed by atoms with Crippen LogP contribution in [0.2, 0.25) is 5.15 Å². The van der Waals surface area contributed by atoms with Gasteiger partial charge in [0.15, 0.2) is 6.29 Å². The molecule has 0 radical (unpaired) electrons. The Bertz CT molecular complexity index is 439. The van der Waals surface area contributed by atoms with E-state index in [1.54, 1.807) is 4.90 Å². The first-order chi connectivity index (χ1) is 8.60. The number of carbonyl (C=O) groups excluding carboxylic acids is 2. The number of rotatable bonds is 7. The predicted molar refractivity (Wildman–Crippen MR) is 68.7 cm³/mol. The third-order valence-corrected chi connectivity index (χ3v) is 2.66. The van der Waals surface area contributed by atoms with Crippen LogP contribution in [0.3, 0.4) is 0 Å². The van der Waals surface area contributed by atoms with Crippen LogP contribution in [0, 0.1) is 0 Å². The third-order valence-electron chi connectivity index (χ3n) is 2.36. The fraction of sp³-hybridized carbons (Fsp3) is 0.455. The van der Waals surface area contributed by atoms with E-state index in [1.807, 2.05) is 6.92 Å². The van der Waals surface area contributed by atoms with Crippen LogP contribution in [0.5, 0.6) is 0 Å². The molecule has 2 N–H and O–H groups in total. The smallest absolute Gasteiger partial charge is 0.236 e. The summed E-state index contributed by atoms with van der Waals surface area (Å²) in [5.74, 6) is -0.144. The summed E-state index contributed by atoms with van der Waals surface area (Å²) in [5, 5.41) is 0.0703. The lowest BCUT2D eigenvalue weighted by Crippen LogP contribution is -2.35. The number of anilines is 1. The van der Waals surface area contributed by atoms with Gasteiger partial charge in [0.1, 0.15) is 17.3 Å². The van der Waals surface area contributed by atoms with Gasteiger partial charge >= 0.3 is 0 Å². The number of nitrogens with two attached hydrogens (primary N) is 1. The quantitative estimate of drug-likeness (QED) is 0.590. The number of hydrogen-bond donors (Lipinski definition) is 1. The molecule has 0 aliphatic heterocycles. The van der Waals surface area contributed by atoms with E-state index < -0.39 is 5.91 Å². The van der Waals surface area contributed by atoms with Crippen molar-refractivity contribution in [2.24, 2.45) is 5.73 Å². The lowest BCUT2D eigenvalue weighted by atomic mass is 10.2. The van der Waals surface area contributed by atoms with Gasteiger partial charge in [-0.15, -0.1) is 0 Å². The Morgan fingerprint density at radius 3 is 2.83 bits per heavy atom. The van der Waals surface area contributed by atoms with Crippen LogP contribution in [0.15, 0.2) is 6.33 Å². The summed E-state index contributed by atoms with van der Waals surface area (Å²) in [6, 6.07) is 0. The second-order valence-corrected chi connectivity index (χ2v) is 4.12. The molecule has 6 nitrogen and oxygen atoms in total. The number of amides is 1. The first-order valence-electron chi connectivity index (χ1n) is 5.59. The SMILES string of the molecule is CCCCN(CC(N)=O)c1ncnc(Cl)c1C=O. The number of nitrogens with zero attached hydrogens (tertiary/aromatic N) is 3. The molecular weight excluding hydrogens is 256 g/mol. The van der Waals surface area contributed by atoms with E-state index in [4.69, 9.17) is 17.3 Å². The van der Waals surface area contributed by atoms with Crippen molar-refractivity contribution in [3.63, 3.8) is 0 Å². The zero-order valence-corrected chi connectivity index (χ0v) is 10.9. The number of aldehydes is 1. The molecule has 1 heterocycles. The van der Waals surface area contributed by atoms with Gasteiger partial charge in [-0.3, -0.25) is 9.59 Å². The van der Waals surface area contributed by atoms with Crippen molar-refractivity contribution in [2.45, 2.75) is 19.8 Å². The molecule has 0 atom stereocenters. The standard InChI is InChI=1S/C11H15ClN4O2/c1-2-3-4-16(5-9(13)18)11-8(6-17)10(12)14-7-15-11/h6-7H,2-5H2,1H3,(H2,13,18). The summed E-state index contributed by atoms with van der Waals surface area (Å²) in [4.78, 5) is 31.4. The Balaban J connectivity index is 3.06. The molecule has 0 aromatic carbocycles. The zero-order valence-electron chi connectivity index (χ0n) is 10.1. The van der Waals surface area contributed by atoms with Gasteiger partial charge in [0.25, 0.3) is 0 Å². The van der Waals surface area contributed by atoms with Crippen LogP contribution in [0.4, 0.5) is 5.82 Å². The van der Waals surface area contributed by atoms with E-state index in [2.05, 4.69) is 9.97 Å². The van der Waals surface area contributed by atoms with Crippen molar-refractivity contribution < 1.29 is 9.59 Å². The van der Waals surface area contributed by atoms with Crippen molar-refractivity contribution in [3.05, 3.63) is 17.0 Å². The Morgan fingerprint density at radius 2 is 2.28 bits per heavy atom. The Morgan fingerprint density at radius 1 is 1.56 bits per heavy atom. The van der Waals surface area contributed by atoms with E-state index in [-0.39, 0.29) is 17.3 Å². The predicted octanol–water partition coefficient (Wildman–Crippen LogP) is 1.03. The minimum atomic E-state index is -0.488. The highest BCUT2D eigenvalue weighted by molar-refractivity contribution is 6.32. The van der Waals surface area contributed by atoms with E-state index in [0.29, 0.717) is 18.6 Å². The number of carbonyl (C=O) groups is 2. The van der Waals surface area contributed by atoms with Crippen molar-refractivity contribution in [2.75, 3.05) is 18.0 Å². The lowest BCUT2D eigenvalue weighted by Gasteiger charge is -2.23. The minimum absolute atomic E-state index is 0.00577. The highest BCUT2D eigenvalue weighted by Gasteiger charge is 2.17. The minimum Gasteiger partial charge on any atom is -0.368 e. The molecule has 0 saturated heterocycles. The van der Waals surface area contributed by atoms with Gasteiger partial charge in [-0.05, 0) is 6.42 Å². The summed E-state index contributed by atoms with van der Waals surface area (Å²) in [7, 11) is 0. The number of halogens is 1. The van der Waals surface area contributed by atoms with E-state index in [1.165, 1.54) is 6.33 Å². The van der Waals surface area contributed by atoms with E-state index in [0.717, 1.165) is 12.8 Å².